The number of piperidine rings is 1. The molecule has 8 heteroatoms. The predicted octanol–water partition coefficient (Wildman–Crippen LogP) is 4.04. The van der Waals surface area contributed by atoms with E-state index < -0.39 is 18.1 Å². The number of carbonyl (C=O) groups excluding carboxylic acids is 3. The van der Waals surface area contributed by atoms with Gasteiger partial charge in [0.2, 0.25) is 0 Å². The molecule has 6 nitrogen and oxygen atoms in total. The second kappa shape index (κ2) is 9.24. The molecule has 1 aliphatic rings. The van der Waals surface area contributed by atoms with Crippen LogP contribution in [-0.2, 0) is 19.1 Å². The summed E-state index contributed by atoms with van der Waals surface area (Å²) in [6.45, 7) is 2.25. The molecule has 2 atom stereocenters. The number of methoxy groups -OCH3 is 1. The molecule has 0 saturated carbocycles. The highest BCUT2D eigenvalue weighted by atomic mass is 35.5. The van der Waals surface area contributed by atoms with Crippen molar-refractivity contribution in [3.8, 4) is 0 Å². The molecule has 0 bridgehead atoms. The van der Waals surface area contributed by atoms with E-state index in [4.69, 9.17) is 32.7 Å². The summed E-state index contributed by atoms with van der Waals surface area (Å²) in [7, 11) is 1.31. The zero-order chi connectivity index (χ0) is 19.3. The van der Waals surface area contributed by atoms with Gasteiger partial charge in [-0.05, 0) is 37.5 Å². The molecule has 1 amide bonds. The van der Waals surface area contributed by atoms with E-state index in [0.717, 1.165) is 0 Å². The van der Waals surface area contributed by atoms with E-state index in [2.05, 4.69) is 0 Å². The number of hydrogen-bond acceptors (Lipinski definition) is 5. The Labute approximate surface area is 162 Å². The first-order valence-corrected chi connectivity index (χ1v) is 9.10. The second-order valence-corrected chi connectivity index (χ2v) is 6.86. The third-order valence-corrected chi connectivity index (χ3v) is 4.97. The van der Waals surface area contributed by atoms with E-state index in [9.17, 15) is 14.4 Å². The molecular formula is C18H21Cl2NO5. The van der Waals surface area contributed by atoms with Crippen molar-refractivity contribution in [2.45, 2.75) is 32.2 Å². The smallest absolute Gasteiger partial charge is 0.409 e. The van der Waals surface area contributed by atoms with Crippen LogP contribution in [0.1, 0.15) is 37.8 Å². The molecule has 26 heavy (non-hydrogen) atoms. The van der Waals surface area contributed by atoms with Crippen LogP contribution in [0.3, 0.4) is 0 Å². The van der Waals surface area contributed by atoms with Gasteiger partial charge in [0.1, 0.15) is 12.2 Å². The van der Waals surface area contributed by atoms with Crippen LogP contribution in [0.15, 0.2) is 18.2 Å². The van der Waals surface area contributed by atoms with E-state index in [1.165, 1.54) is 7.11 Å². The molecule has 2 unspecified atom stereocenters. The van der Waals surface area contributed by atoms with Crippen LogP contribution >= 0.6 is 23.2 Å². The predicted molar refractivity (Wildman–Crippen MR) is 97.3 cm³/mol. The van der Waals surface area contributed by atoms with Gasteiger partial charge in [0.05, 0.1) is 19.8 Å². The summed E-state index contributed by atoms with van der Waals surface area (Å²) in [4.78, 5) is 37.7. The van der Waals surface area contributed by atoms with Gasteiger partial charge in [0.15, 0.2) is 0 Å². The van der Waals surface area contributed by atoms with Gasteiger partial charge in [-0.1, -0.05) is 29.3 Å². The van der Waals surface area contributed by atoms with Crippen molar-refractivity contribution in [1.29, 1.82) is 0 Å². The SMILES string of the molecule is CCOC(=O)CC(=O)C1CCN(C(=O)OC)C(c2ccc(Cl)cc2Cl)C1. The van der Waals surface area contributed by atoms with Crippen LogP contribution in [0, 0.1) is 5.92 Å². The molecule has 1 aromatic rings. The van der Waals surface area contributed by atoms with Gasteiger partial charge < -0.3 is 14.4 Å². The molecule has 142 valence electrons. The zero-order valence-corrected chi connectivity index (χ0v) is 16.2. The number of amides is 1. The molecule has 1 aliphatic heterocycles. The first kappa shape index (κ1) is 20.5. The van der Waals surface area contributed by atoms with E-state index >= 15 is 0 Å². The monoisotopic (exact) mass is 401 g/mol. The maximum Gasteiger partial charge on any atom is 0.409 e. The van der Waals surface area contributed by atoms with Gasteiger partial charge in [0.25, 0.3) is 0 Å². The Kier molecular flexibility index (Phi) is 7.29. The number of Topliss-reactive ketones (excluding diaryl/α,β-unsaturated/α-hetero) is 1. The summed E-state index contributed by atoms with van der Waals surface area (Å²) >= 11 is 12.3. The van der Waals surface area contributed by atoms with Crippen LogP contribution in [-0.4, -0.2) is 43.0 Å². The molecule has 1 fully saturated rings. The molecule has 0 radical (unpaired) electrons. The average Bonchev–Trinajstić information content (AvgIpc) is 2.60. The fourth-order valence-electron chi connectivity index (χ4n) is 3.16. The molecule has 1 aromatic carbocycles. The molecule has 2 rings (SSSR count). The first-order chi connectivity index (χ1) is 12.4. The van der Waals surface area contributed by atoms with Crippen LogP contribution in [0.4, 0.5) is 4.79 Å². The quantitative estimate of drug-likeness (QED) is 0.549. The highest BCUT2D eigenvalue weighted by Gasteiger charge is 2.37. The number of nitrogens with zero attached hydrogens (tertiary/aromatic N) is 1. The Balaban J connectivity index is 2.23. The van der Waals surface area contributed by atoms with Crippen molar-refractivity contribution in [3.63, 3.8) is 0 Å². The Morgan fingerprint density at radius 1 is 1.27 bits per heavy atom. The van der Waals surface area contributed by atoms with Crippen LogP contribution in [0.2, 0.25) is 10.0 Å². The van der Waals surface area contributed by atoms with E-state index in [0.29, 0.717) is 35.0 Å². The fourth-order valence-corrected chi connectivity index (χ4v) is 3.69. The van der Waals surface area contributed by atoms with Crippen LogP contribution in [0.25, 0.3) is 0 Å². The van der Waals surface area contributed by atoms with Gasteiger partial charge in [-0.15, -0.1) is 0 Å². The first-order valence-electron chi connectivity index (χ1n) is 8.35. The largest absolute Gasteiger partial charge is 0.466 e. The van der Waals surface area contributed by atoms with Crippen molar-refractivity contribution in [3.05, 3.63) is 33.8 Å². The van der Waals surface area contributed by atoms with Crippen molar-refractivity contribution >= 4 is 41.0 Å². The van der Waals surface area contributed by atoms with E-state index in [1.54, 1.807) is 30.0 Å². The summed E-state index contributed by atoms with van der Waals surface area (Å²) in [5, 5.41) is 0.893. The van der Waals surface area contributed by atoms with Gasteiger partial charge in [-0.3, -0.25) is 9.59 Å². The van der Waals surface area contributed by atoms with Gasteiger partial charge in [-0.25, -0.2) is 4.79 Å². The fraction of sp³-hybridized carbons (Fsp3) is 0.500. The lowest BCUT2D eigenvalue weighted by atomic mass is 9.84. The van der Waals surface area contributed by atoms with Crippen molar-refractivity contribution in [1.82, 2.24) is 4.90 Å². The molecule has 0 spiro atoms. The summed E-state index contributed by atoms with van der Waals surface area (Å²) in [6.07, 6.45) is 0.0546. The van der Waals surface area contributed by atoms with E-state index in [-0.39, 0.29) is 24.7 Å². The minimum atomic E-state index is -0.533. The lowest BCUT2D eigenvalue weighted by molar-refractivity contribution is -0.146. The maximum absolute atomic E-state index is 12.5. The Hall–Kier alpha value is -1.79. The Morgan fingerprint density at radius 3 is 2.62 bits per heavy atom. The van der Waals surface area contributed by atoms with Crippen LogP contribution in [0.5, 0.6) is 0 Å². The Bertz CT molecular complexity index is 694. The third-order valence-electron chi connectivity index (χ3n) is 4.41. The number of rotatable bonds is 5. The van der Waals surface area contributed by atoms with Crippen molar-refractivity contribution in [2.24, 2.45) is 5.92 Å². The van der Waals surface area contributed by atoms with Crippen molar-refractivity contribution < 1.29 is 23.9 Å². The standard InChI is InChI=1S/C18H21Cl2NO5/c1-3-26-17(23)10-16(22)11-6-7-21(18(24)25-2)15(8-11)13-5-4-12(19)9-14(13)20/h4-5,9,11,15H,3,6-8,10H2,1-2H3. The summed E-state index contributed by atoms with van der Waals surface area (Å²) in [5.74, 6) is -1.09. The van der Waals surface area contributed by atoms with Gasteiger partial charge >= 0.3 is 12.1 Å². The molecule has 1 heterocycles. The van der Waals surface area contributed by atoms with Crippen molar-refractivity contribution in [2.75, 3.05) is 20.3 Å². The zero-order valence-electron chi connectivity index (χ0n) is 14.7. The number of hydrogen-bond donors (Lipinski definition) is 0. The Morgan fingerprint density at radius 2 is 2.00 bits per heavy atom. The number of esters is 1. The average molecular weight is 402 g/mol. The van der Waals surface area contributed by atoms with Crippen LogP contribution < -0.4 is 0 Å². The number of ether oxygens (including phenoxy) is 2. The number of halogens is 2. The molecule has 0 aromatic heterocycles. The third kappa shape index (κ3) is 4.89. The summed E-state index contributed by atoms with van der Waals surface area (Å²) in [5.41, 5.74) is 0.690. The minimum absolute atomic E-state index is 0.192. The topological polar surface area (TPSA) is 72.9 Å². The number of carbonyl (C=O) groups is 3. The van der Waals surface area contributed by atoms with Gasteiger partial charge in [-0.2, -0.15) is 0 Å². The minimum Gasteiger partial charge on any atom is -0.466 e. The number of likely N-dealkylation sites (tertiary alicyclic amines) is 1. The second-order valence-electron chi connectivity index (χ2n) is 6.01. The molecule has 1 saturated heterocycles. The lowest BCUT2D eigenvalue weighted by Gasteiger charge is -2.38. The lowest BCUT2D eigenvalue weighted by Crippen LogP contribution is -2.43. The summed E-state index contributed by atoms with van der Waals surface area (Å²) in [6, 6.07) is 4.58. The molecule has 0 N–H and O–H groups in total. The molecular weight excluding hydrogens is 381 g/mol. The summed E-state index contributed by atoms with van der Waals surface area (Å²) < 4.78 is 9.70. The number of ketones is 1. The normalized spacial score (nSPS) is 19.8. The van der Waals surface area contributed by atoms with Gasteiger partial charge in [0, 0.05) is 22.5 Å². The number of benzene rings is 1. The highest BCUT2D eigenvalue weighted by Crippen LogP contribution is 2.39. The molecule has 0 aliphatic carbocycles. The van der Waals surface area contributed by atoms with E-state index in [1.807, 2.05) is 0 Å². The highest BCUT2D eigenvalue weighted by molar-refractivity contribution is 6.35. The maximum atomic E-state index is 12.5.